The van der Waals surface area contributed by atoms with Crippen LogP contribution >= 0.6 is 0 Å². The molecule has 0 aliphatic rings. The van der Waals surface area contributed by atoms with Gasteiger partial charge in [-0.15, -0.1) is 13.2 Å². The van der Waals surface area contributed by atoms with Gasteiger partial charge in [0, 0.05) is 9.82 Å². The molecule has 0 amide bonds. The Morgan fingerprint density at radius 3 is 1.69 bits per heavy atom. The minimum Gasteiger partial charge on any atom is -0.355 e. The molecule has 0 spiro atoms. The van der Waals surface area contributed by atoms with Crippen molar-refractivity contribution in [2.75, 3.05) is 0 Å². The molecule has 7 nitrogen and oxygen atoms in total. The highest BCUT2D eigenvalue weighted by atomic mass is 16.5. The topological polar surface area (TPSA) is 107 Å². The fourth-order valence-corrected chi connectivity index (χ4v) is 0.504. The highest BCUT2D eigenvalue weighted by Crippen LogP contribution is 2.04. The zero-order chi connectivity index (χ0) is 10.1. The second-order valence-electron chi connectivity index (χ2n) is 1.80. The summed E-state index contributed by atoms with van der Waals surface area (Å²) < 4.78 is 4.95. The Kier molecular flexibility index (Phi) is 5.74. The Bertz CT molecular complexity index is 247. The lowest BCUT2D eigenvalue weighted by atomic mass is 10.5. The molecule has 0 radical (unpaired) electrons. The molecule has 0 fully saturated rings. The smallest absolute Gasteiger partial charge is 0.155 e. The standard InChI is InChI=1S/C6H8N6O/c1-3-5(9-11-7)13-6(4-2)10-12-8/h3-6H,1-2H2. The summed E-state index contributed by atoms with van der Waals surface area (Å²) in [6, 6.07) is 0. The number of azide groups is 2. The zero-order valence-corrected chi connectivity index (χ0v) is 6.82. The summed E-state index contributed by atoms with van der Waals surface area (Å²) in [6.45, 7) is 6.74. The van der Waals surface area contributed by atoms with Crippen molar-refractivity contribution in [2.45, 2.75) is 12.5 Å². The molecule has 0 heterocycles. The van der Waals surface area contributed by atoms with E-state index in [0.29, 0.717) is 0 Å². The number of ether oxygens (including phenoxy) is 1. The molecule has 0 saturated heterocycles. The van der Waals surface area contributed by atoms with Gasteiger partial charge in [-0.25, -0.2) is 0 Å². The van der Waals surface area contributed by atoms with Gasteiger partial charge in [0.05, 0.1) is 0 Å². The van der Waals surface area contributed by atoms with Gasteiger partial charge in [-0.05, 0) is 11.1 Å². The Balaban J connectivity index is 4.34. The van der Waals surface area contributed by atoms with E-state index in [1.165, 1.54) is 12.2 Å². The number of hydrogen-bond donors (Lipinski definition) is 0. The van der Waals surface area contributed by atoms with Gasteiger partial charge < -0.3 is 4.74 Å². The summed E-state index contributed by atoms with van der Waals surface area (Å²) in [6.07, 6.45) is 0.837. The summed E-state index contributed by atoms with van der Waals surface area (Å²) in [4.78, 5) is 5.03. The van der Waals surface area contributed by atoms with Gasteiger partial charge in [-0.3, -0.25) is 0 Å². The van der Waals surface area contributed by atoms with Crippen molar-refractivity contribution in [3.8, 4) is 0 Å². The quantitative estimate of drug-likeness (QED) is 0.266. The van der Waals surface area contributed by atoms with E-state index < -0.39 is 12.5 Å². The van der Waals surface area contributed by atoms with Crippen LogP contribution in [0.5, 0.6) is 0 Å². The highest BCUT2D eigenvalue weighted by Gasteiger charge is 2.06. The number of hydrogen-bond acceptors (Lipinski definition) is 3. The molecule has 2 atom stereocenters. The average molecular weight is 180 g/mol. The van der Waals surface area contributed by atoms with E-state index in [9.17, 15) is 0 Å². The summed E-state index contributed by atoms with van der Waals surface area (Å²) >= 11 is 0. The Labute approximate surface area is 74.6 Å². The monoisotopic (exact) mass is 180 g/mol. The first-order valence-corrected chi connectivity index (χ1v) is 3.27. The number of rotatable bonds is 6. The first-order chi connectivity index (χ1) is 6.28. The minimum absolute atomic E-state index is 0.862. The van der Waals surface area contributed by atoms with Crippen molar-refractivity contribution in [1.29, 1.82) is 0 Å². The van der Waals surface area contributed by atoms with Crippen LogP contribution in [0.4, 0.5) is 0 Å². The van der Waals surface area contributed by atoms with Crippen LogP contribution < -0.4 is 0 Å². The Hall–Kier alpha value is -1.94. The lowest BCUT2D eigenvalue weighted by Crippen LogP contribution is -2.13. The molecule has 13 heavy (non-hydrogen) atoms. The molecule has 7 heteroatoms. The Morgan fingerprint density at radius 2 is 1.46 bits per heavy atom. The lowest BCUT2D eigenvalue weighted by Gasteiger charge is -2.10. The molecular formula is C6H8N6O. The van der Waals surface area contributed by atoms with Crippen molar-refractivity contribution in [2.24, 2.45) is 10.2 Å². The van der Waals surface area contributed by atoms with Crippen molar-refractivity contribution in [3.63, 3.8) is 0 Å². The SMILES string of the molecule is C=CC(N=[N+]=[N-])OC(C=C)N=[N+]=[N-]. The zero-order valence-electron chi connectivity index (χ0n) is 6.82. The molecule has 0 saturated carbocycles. The second kappa shape index (κ2) is 6.75. The Morgan fingerprint density at radius 1 is 1.08 bits per heavy atom. The largest absolute Gasteiger partial charge is 0.355 e. The molecule has 0 bridgehead atoms. The third kappa shape index (κ3) is 4.49. The van der Waals surface area contributed by atoms with Crippen LogP contribution in [0.15, 0.2) is 35.5 Å². The maximum atomic E-state index is 8.08. The van der Waals surface area contributed by atoms with E-state index in [1.54, 1.807) is 0 Å². The van der Waals surface area contributed by atoms with E-state index in [-0.39, 0.29) is 0 Å². The third-order valence-corrected chi connectivity index (χ3v) is 1.01. The summed E-state index contributed by atoms with van der Waals surface area (Å²) in [5.74, 6) is 0. The van der Waals surface area contributed by atoms with Gasteiger partial charge in [0.2, 0.25) is 0 Å². The van der Waals surface area contributed by atoms with Crippen LogP contribution in [0.1, 0.15) is 0 Å². The fraction of sp³-hybridized carbons (Fsp3) is 0.333. The maximum absolute atomic E-state index is 8.08. The molecule has 0 aromatic rings. The number of nitrogens with zero attached hydrogens (tertiary/aromatic N) is 6. The fourth-order valence-electron chi connectivity index (χ4n) is 0.504. The summed E-state index contributed by atoms with van der Waals surface area (Å²) in [5, 5.41) is 6.44. The van der Waals surface area contributed by atoms with Crippen LogP contribution in [-0.4, -0.2) is 12.5 Å². The molecule has 0 N–H and O–H groups in total. The summed E-state index contributed by atoms with van der Waals surface area (Å²) in [7, 11) is 0. The molecule has 0 aromatic carbocycles. The van der Waals surface area contributed by atoms with Crippen LogP contribution in [0, 0.1) is 0 Å². The van der Waals surface area contributed by atoms with E-state index >= 15 is 0 Å². The molecule has 0 aromatic heterocycles. The van der Waals surface area contributed by atoms with E-state index in [0.717, 1.165) is 0 Å². The van der Waals surface area contributed by atoms with Crippen LogP contribution in [0.3, 0.4) is 0 Å². The normalized spacial score (nSPS) is 12.9. The molecular weight excluding hydrogens is 172 g/mol. The highest BCUT2D eigenvalue weighted by molar-refractivity contribution is 4.84. The van der Waals surface area contributed by atoms with Crippen LogP contribution in [-0.2, 0) is 4.74 Å². The van der Waals surface area contributed by atoms with Crippen LogP contribution in [0.2, 0.25) is 0 Å². The summed E-state index contributed by atoms with van der Waals surface area (Å²) in [5.41, 5.74) is 16.2. The van der Waals surface area contributed by atoms with E-state index in [4.69, 9.17) is 15.8 Å². The van der Waals surface area contributed by atoms with Gasteiger partial charge >= 0.3 is 0 Å². The van der Waals surface area contributed by atoms with Crippen molar-refractivity contribution < 1.29 is 4.74 Å². The second-order valence-corrected chi connectivity index (χ2v) is 1.80. The predicted molar refractivity (Wildman–Crippen MR) is 47.3 cm³/mol. The molecule has 0 aliphatic heterocycles. The van der Waals surface area contributed by atoms with E-state index in [1.807, 2.05) is 0 Å². The third-order valence-electron chi connectivity index (χ3n) is 1.01. The molecule has 0 aliphatic carbocycles. The minimum atomic E-state index is -0.863. The lowest BCUT2D eigenvalue weighted by molar-refractivity contribution is 0.0499. The molecule has 0 rings (SSSR count). The van der Waals surface area contributed by atoms with Crippen molar-refractivity contribution in [1.82, 2.24) is 0 Å². The van der Waals surface area contributed by atoms with Gasteiger partial charge in [0.15, 0.2) is 12.5 Å². The van der Waals surface area contributed by atoms with Gasteiger partial charge in [-0.2, -0.15) is 0 Å². The van der Waals surface area contributed by atoms with Gasteiger partial charge in [0.25, 0.3) is 0 Å². The first kappa shape index (κ1) is 11.1. The first-order valence-electron chi connectivity index (χ1n) is 3.27. The molecule has 68 valence electrons. The van der Waals surface area contributed by atoms with E-state index in [2.05, 4.69) is 33.2 Å². The van der Waals surface area contributed by atoms with Crippen molar-refractivity contribution in [3.05, 3.63) is 46.2 Å². The van der Waals surface area contributed by atoms with Crippen LogP contribution in [0.25, 0.3) is 20.9 Å². The maximum Gasteiger partial charge on any atom is 0.155 e. The van der Waals surface area contributed by atoms with Crippen molar-refractivity contribution >= 4 is 0 Å². The van der Waals surface area contributed by atoms with Gasteiger partial charge in [0.1, 0.15) is 0 Å². The average Bonchev–Trinajstić information content (AvgIpc) is 2.16. The predicted octanol–water partition coefficient (Wildman–Crippen LogP) is 2.65. The molecule has 2 unspecified atom stereocenters. The van der Waals surface area contributed by atoms with Gasteiger partial charge in [-0.1, -0.05) is 22.4 Å².